The molecule has 2 aliphatic rings. The van der Waals surface area contributed by atoms with Crippen LogP contribution in [0.3, 0.4) is 0 Å². The molecule has 7 nitrogen and oxygen atoms in total. The van der Waals surface area contributed by atoms with E-state index in [1.807, 2.05) is 4.90 Å². The van der Waals surface area contributed by atoms with Gasteiger partial charge in [0.25, 0.3) is 0 Å². The molecule has 2 heterocycles. The largest absolute Gasteiger partial charge is 0.340 e. The highest BCUT2D eigenvalue weighted by atomic mass is 32.2. The van der Waals surface area contributed by atoms with Crippen molar-refractivity contribution in [3.8, 4) is 0 Å². The van der Waals surface area contributed by atoms with Gasteiger partial charge in [-0.3, -0.25) is 9.69 Å². The minimum Gasteiger partial charge on any atom is -0.340 e. The molecule has 0 spiro atoms. The van der Waals surface area contributed by atoms with Crippen LogP contribution in [0.4, 0.5) is 0 Å². The summed E-state index contributed by atoms with van der Waals surface area (Å²) in [6, 6.07) is 0.0401. The minimum atomic E-state index is -3.19. The zero-order chi connectivity index (χ0) is 15.3. The van der Waals surface area contributed by atoms with Crippen molar-refractivity contribution in [2.75, 3.05) is 52.1 Å². The van der Waals surface area contributed by atoms with Crippen molar-refractivity contribution in [3.63, 3.8) is 0 Å². The quantitative estimate of drug-likeness (QED) is 0.644. The lowest BCUT2D eigenvalue weighted by Crippen LogP contribution is -2.47. The van der Waals surface area contributed by atoms with Gasteiger partial charge in [-0.25, -0.2) is 13.1 Å². The van der Waals surface area contributed by atoms with Crippen LogP contribution in [0.2, 0.25) is 0 Å². The summed E-state index contributed by atoms with van der Waals surface area (Å²) in [5.74, 6) is 0.310. The van der Waals surface area contributed by atoms with Crippen molar-refractivity contribution in [2.24, 2.45) is 0 Å². The molecule has 0 radical (unpaired) electrons. The van der Waals surface area contributed by atoms with Gasteiger partial charge < -0.3 is 10.2 Å². The maximum atomic E-state index is 12.1. The lowest BCUT2D eigenvalue weighted by Gasteiger charge is -2.29. The van der Waals surface area contributed by atoms with Gasteiger partial charge in [-0.05, 0) is 26.4 Å². The number of nitrogens with zero attached hydrogens (tertiary/aromatic N) is 2. The summed E-state index contributed by atoms with van der Waals surface area (Å²) < 4.78 is 25.7. The normalized spacial score (nSPS) is 24.4. The van der Waals surface area contributed by atoms with Crippen LogP contribution in [0.1, 0.15) is 19.3 Å². The second-order valence-corrected chi connectivity index (χ2v) is 7.67. The molecule has 2 saturated heterocycles. The molecule has 0 bridgehead atoms. The number of carbonyl (C=O) groups excluding carboxylic acids is 1. The smallest absolute Gasteiger partial charge is 0.223 e. The van der Waals surface area contributed by atoms with E-state index in [-0.39, 0.29) is 17.7 Å². The zero-order valence-corrected chi connectivity index (χ0v) is 13.5. The first-order chi connectivity index (χ1) is 10.0. The van der Waals surface area contributed by atoms with Crippen molar-refractivity contribution in [2.45, 2.75) is 25.3 Å². The van der Waals surface area contributed by atoms with Crippen LogP contribution >= 0.6 is 0 Å². The molecular weight excluding hydrogens is 292 g/mol. The van der Waals surface area contributed by atoms with Gasteiger partial charge in [0.1, 0.15) is 0 Å². The monoisotopic (exact) mass is 318 g/mol. The second kappa shape index (κ2) is 7.53. The number of piperazine rings is 1. The zero-order valence-electron chi connectivity index (χ0n) is 12.7. The topological polar surface area (TPSA) is 81.8 Å². The van der Waals surface area contributed by atoms with E-state index in [0.717, 1.165) is 45.6 Å². The summed E-state index contributed by atoms with van der Waals surface area (Å²) in [6.07, 6.45) is 2.38. The fourth-order valence-corrected chi connectivity index (χ4v) is 4.08. The van der Waals surface area contributed by atoms with Gasteiger partial charge in [0, 0.05) is 45.2 Å². The average molecular weight is 318 g/mol. The van der Waals surface area contributed by atoms with Crippen molar-refractivity contribution in [1.29, 1.82) is 0 Å². The van der Waals surface area contributed by atoms with Gasteiger partial charge in [-0.2, -0.15) is 0 Å². The lowest BCUT2D eigenvalue weighted by molar-refractivity contribution is -0.132. The van der Waals surface area contributed by atoms with E-state index in [9.17, 15) is 13.2 Å². The molecule has 8 heteroatoms. The molecular formula is C13H26N4O3S. The fraction of sp³-hybridized carbons (Fsp3) is 0.923. The Bertz CT molecular complexity index is 448. The van der Waals surface area contributed by atoms with Crippen LogP contribution in [0.5, 0.6) is 0 Å². The number of carbonyl (C=O) groups is 1. The third-order valence-corrected chi connectivity index (χ3v) is 5.75. The Morgan fingerprint density at radius 2 is 2.00 bits per heavy atom. The molecule has 0 aliphatic carbocycles. The second-order valence-electron chi connectivity index (χ2n) is 5.70. The summed E-state index contributed by atoms with van der Waals surface area (Å²) in [4.78, 5) is 16.2. The number of nitrogens with one attached hydrogen (secondary N) is 2. The first-order valence-electron chi connectivity index (χ1n) is 7.65. The Balaban J connectivity index is 1.80. The summed E-state index contributed by atoms with van der Waals surface area (Å²) in [5, 5.41) is 3.23. The maximum Gasteiger partial charge on any atom is 0.223 e. The van der Waals surface area contributed by atoms with Crippen LogP contribution in [0.25, 0.3) is 0 Å². The number of sulfonamides is 1. The van der Waals surface area contributed by atoms with Gasteiger partial charge in [-0.1, -0.05) is 0 Å². The van der Waals surface area contributed by atoms with Gasteiger partial charge in [0.15, 0.2) is 0 Å². The Hall–Kier alpha value is -0.700. The van der Waals surface area contributed by atoms with E-state index >= 15 is 0 Å². The number of hydrogen-bond acceptors (Lipinski definition) is 5. The molecule has 0 aromatic carbocycles. The summed E-state index contributed by atoms with van der Waals surface area (Å²) in [7, 11) is -1.74. The Morgan fingerprint density at radius 1 is 1.29 bits per heavy atom. The molecule has 0 aromatic rings. The highest BCUT2D eigenvalue weighted by Crippen LogP contribution is 2.19. The van der Waals surface area contributed by atoms with Gasteiger partial charge in [0.05, 0.1) is 5.75 Å². The Morgan fingerprint density at radius 3 is 2.67 bits per heavy atom. The van der Waals surface area contributed by atoms with Crippen LogP contribution in [-0.2, 0) is 14.8 Å². The molecule has 0 saturated carbocycles. The first kappa shape index (κ1) is 16.7. The van der Waals surface area contributed by atoms with Crippen molar-refractivity contribution < 1.29 is 13.2 Å². The molecule has 1 amide bonds. The highest BCUT2D eigenvalue weighted by Gasteiger charge is 2.29. The molecule has 2 fully saturated rings. The molecule has 2 aliphatic heterocycles. The van der Waals surface area contributed by atoms with Gasteiger partial charge >= 0.3 is 0 Å². The SMILES string of the molecule is CNS(=O)(=O)CC1CCCN1CCC(=O)N1CCNCC1. The van der Waals surface area contributed by atoms with Crippen LogP contribution < -0.4 is 10.0 Å². The van der Waals surface area contributed by atoms with Gasteiger partial charge in [-0.15, -0.1) is 0 Å². The van der Waals surface area contributed by atoms with E-state index < -0.39 is 10.0 Å². The summed E-state index contributed by atoms with van der Waals surface area (Å²) >= 11 is 0. The molecule has 122 valence electrons. The van der Waals surface area contributed by atoms with E-state index in [4.69, 9.17) is 0 Å². The predicted molar refractivity (Wildman–Crippen MR) is 81.5 cm³/mol. The number of likely N-dealkylation sites (tertiary alicyclic amines) is 1. The van der Waals surface area contributed by atoms with Crippen LogP contribution in [0.15, 0.2) is 0 Å². The minimum absolute atomic E-state index is 0.0401. The maximum absolute atomic E-state index is 12.1. The molecule has 1 atom stereocenters. The molecule has 2 rings (SSSR count). The number of amides is 1. The van der Waals surface area contributed by atoms with Crippen molar-refractivity contribution >= 4 is 15.9 Å². The van der Waals surface area contributed by atoms with E-state index in [1.54, 1.807) is 0 Å². The summed E-state index contributed by atoms with van der Waals surface area (Å²) in [5.41, 5.74) is 0. The number of rotatable bonds is 6. The van der Waals surface area contributed by atoms with Crippen molar-refractivity contribution in [3.05, 3.63) is 0 Å². The first-order valence-corrected chi connectivity index (χ1v) is 9.31. The predicted octanol–water partition coefficient (Wildman–Crippen LogP) is -1.18. The molecule has 2 N–H and O–H groups in total. The lowest BCUT2D eigenvalue weighted by atomic mass is 10.2. The number of hydrogen-bond donors (Lipinski definition) is 2. The third-order valence-electron chi connectivity index (χ3n) is 4.30. The van der Waals surface area contributed by atoms with Crippen LogP contribution in [0, 0.1) is 0 Å². The molecule has 0 aromatic heterocycles. The van der Waals surface area contributed by atoms with Gasteiger partial charge in [0.2, 0.25) is 15.9 Å². The Labute approximate surface area is 127 Å². The highest BCUT2D eigenvalue weighted by molar-refractivity contribution is 7.89. The third kappa shape index (κ3) is 4.91. The Kier molecular flexibility index (Phi) is 5.98. The van der Waals surface area contributed by atoms with E-state index in [2.05, 4.69) is 14.9 Å². The van der Waals surface area contributed by atoms with Crippen molar-refractivity contribution in [1.82, 2.24) is 19.8 Å². The molecule has 1 unspecified atom stereocenters. The average Bonchev–Trinajstić information content (AvgIpc) is 2.92. The summed E-state index contributed by atoms with van der Waals surface area (Å²) in [6.45, 7) is 4.81. The fourth-order valence-electron chi connectivity index (χ4n) is 3.03. The van der Waals surface area contributed by atoms with E-state index in [1.165, 1.54) is 7.05 Å². The van der Waals surface area contributed by atoms with Crippen LogP contribution in [-0.4, -0.2) is 82.2 Å². The standard InChI is InChI=1S/C13H26N4O3S/c1-14-21(19,20)11-12-3-2-7-16(12)8-4-13(18)17-9-5-15-6-10-17/h12,14-15H,2-11H2,1H3. The van der Waals surface area contributed by atoms with E-state index in [0.29, 0.717) is 13.0 Å². The molecule has 21 heavy (non-hydrogen) atoms.